The highest BCUT2D eigenvalue weighted by Crippen LogP contribution is 2.38. The monoisotopic (exact) mass is 277 g/mol. The van der Waals surface area contributed by atoms with Crippen LogP contribution in [0.2, 0.25) is 0 Å². The molecule has 112 valence electrons. The van der Waals surface area contributed by atoms with Gasteiger partial charge in [-0.1, -0.05) is 20.3 Å². The van der Waals surface area contributed by atoms with Gasteiger partial charge in [0.2, 0.25) is 0 Å². The Morgan fingerprint density at radius 2 is 1.80 bits per heavy atom. The first-order chi connectivity index (χ1) is 9.71. The predicted octanol–water partition coefficient (Wildman–Crippen LogP) is 3.72. The van der Waals surface area contributed by atoms with Gasteiger partial charge in [-0.25, -0.2) is 0 Å². The summed E-state index contributed by atoms with van der Waals surface area (Å²) in [5.74, 6) is 2.39. The van der Waals surface area contributed by atoms with Crippen LogP contribution in [-0.2, 0) is 6.42 Å². The first kappa shape index (κ1) is 15.2. The summed E-state index contributed by atoms with van der Waals surface area (Å²) >= 11 is 0. The molecule has 0 fully saturated rings. The Morgan fingerprint density at radius 3 is 2.40 bits per heavy atom. The van der Waals surface area contributed by atoms with Crippen molar-refractivity contribution in [2.45, 2.75) is 46.6 Å². The molecule has 2 rings (SSSR count). The molecule has 0 aliphatic carbocycles. The molecule has 1 heterocycles. The first-order valence-corrected chi connectivity index (χ1v) is 7.87. The standard InChI is InChI=1S/C17H27NO2/c1-5-12(4)17-14-11-16(20-7-3)15(19-6-2)10-13(14)8-9-18-17/h10-12,17-18H,5-9H2,1-4H3/t12-,17+/m1/s1. The van der Waals surface area contributed by atoms with Crippen LogP contribution in [0.15, 0.2) is 12.1 Å². The molecule has 1 aliphatic rings. The molecule has 1 aromatic carbocycles. The van der Waals surface area contributed by atoms with E-state index in [0.29, 0.717) is 25.2 Å². The fraction of sp³-hybridized carbons (Fsp3) is 0.647. The van der Waals surface area contributed by atoms with Crippen molar-refractivity contribution in [3.63, 3.8) is 0 Å². The summed E-state index contributed by atoms with van der Waals surface area (Å²) in [7, 11) is 0. The van der Waals surface area contributed by atoms with Gasteiger partial charge in [-0.2, -0.15) is 0 Å². The minimum Gasteiger partial charge on any atom is -0.490 e. The van der Waals surface area contributed by atoms with Crippen LogP contribution in [-0.4, -0.2) is 19.8 Å². The Morgan fingerprint density at radius 1 is 1.15 bits per heavy atom. The third kappa shape index (κ3) is 3.09. The van der Waals surface area contributed by atoms with Crippen molar-refractivity contribution in [3.05, 3.63) is 23.3 Å². The fourth-order valence-electron chi connectivity index (χ4n) is 2.88. The molecule has 20 heavy (non-hydrogen) atoms. The second kappa shape index (κ2) is 6.98. The summed E-state index contributed by atoms with van der Waals surface area (Å²) < 4.78 is 11.5. The lowest BCUT2D eigenvalue weighted by Gasteiger charge is -2.32. The van der Waals surface area contributed by atoms with Crippen LogP contribution in [0.1, 0.15) is 51.3 Å². The third-order valence-electron chi connectivity index (χ3n) is 4.11. The van der Waals surface area contributed by atoms with Crippen molar-refractivity contribution in [1.29, 1.82) is 0 Å². The lowest BCUT2D eigenvalue weighted by Crippen LogP contribution is -2.33. The molecular formula is C17H27NO2. The summed E-state index contributed by atoms with van der Waals surface area (Å²) in [6, 6.07) is 4.80. The normalized spacial score (nSPS) is 19.3. The van der Waals surface area contributed by atoms with Gasteiger partial charge in [-0.3, -0.25) is 0 Å². The highest BCUT2D eigenvalue weighted by molar-refractivity contribution is 5.49. The molecule has 3 nitrogen and oxygen atoms in total. The zero-order chi connectivity index (χ0) is 14.5. The molecule has 0 saturated heterocycles. The number of rotatable bonds is 6. The van der Waals surface area contributed by atoms with Gasteiger partial charge in [0.05, 0.1) is 13.2 Å². The number of fused-ring (bicyclic) bond motifs is 1. The first-order valence-electron chi connectivity index (χ1n) is 7.87. The lowest BCUT2D eigenvalue weighted by atomic mass is 9.85. The van der Waals surface area contributed by atoms with Gasteiger partial charge in [0.15, 0.2) is 11.5 Å². The number of benzene rings is 1. The molecule has 2 atom stereocenters. The zero-order valence-electron chi connectivity index (χ0n) is 13.2. The number of hydrogen-bond donors (Lipinski definition) is 1. The van der Waals surface area contributed by atoms with Gasteiger partial charge in [0, 0.05) is 6.04 Å². The van der Waals surface area contributed by atoms with E-state index in [4.69, 9.17) is 9.47 Å². The van der Waals surface area contributed by atoms with Crippen LogP contribution in [0.4, 0.5) is 0 Å². The van der Waals surface area contributed by atoms with Crippen molar-refractivity contribution in [3.8, 4) is 11.5 Å². The molecule has 1 aliphatic heterocycles. The summed E-state index contributed by atoms with van der Waals surface area (Å²) in [6.07, 6.45) is 2.24. The highest BCUT2D eigenvalue weighted by Gasteiger charge is 2.26. The van der Waals surface area contributed by atoms with Crippen LogP contribution in [0.5, 0.6) is 11.5 Å². The average Bonchev–Trinajstić information content (AvgIpc) is 2.47. The predicted molar refractivity (Wildman–Crippen MR) is 82.7 cm³/mol. The van der Waals surface area contributed by atoms with E-state index < -0.39 is 0 Å². The molecule has 1 aromatic rings. The van der Waals surface area contributed by atoms with E-state index in [9.17, 15) is 0 Å². The highest BCUT2D eigenvalue weighted by atomic mass is 16.5. The van der Waals surface area contributed by atoms with Crippen molar-refractivity contribution < 1.29 is 9.47 Å². The van der Waals surface area contributed by atoms with Gasteiger partial charge in [-0.15, -0.1) is 0 Å². The minimum absolute atomic E-state index is 0.429. The summed E-state index contributed by atoms with van der Waals surface area (Å²) in [6.45, 7) is 11.0. The smallest absolute Gasteiger partial charge is 0.161 e. The second-order valence-electron chi connectivity index (χ2n) is 5.43. The maximum absolute atomic E-state index is 5.76. The number of nitrogens with one attached hydrogen (secondary N) is 1. The van der Waals surface area contributed by atoms with Gasteiger partial charge < -0.3 is 14.8 Å². The molecule has 0 unspecified atom stereocenters. The Bertz CT molecular complexity index is 445. The van der Waals surface area contributed by atoms with E-state index in [-0.39, 0.29) is 0 Å². The molecule has 0 bridgehead atoms. The van der Waals surface area contributed by atoms with Crippen molar-refractivity contribution in [2.24, 2.45) is 5.92 Å². The number of hydrogen-bond acceptors (Lipinski definition) is 3. The number of ether oxygens (including phenoxy) is 2. The lowest BCUT2D eigenvalue weighted by molar-refractivity contribution is 0.284. The van der Waals surface area contributed by atoms with E-state index >= 15 is 0 Å². The minimum atomic E-state index is 0.429. The van der Waals surface area contributed by atoms with Gasteiger partial charge in [0.25, 0.3) is 0 Å². The van der Waals surface area contributed by atoms with Crippen molar-refractivity contribution in [2.75, 3.05) is 19.8 Å². The second-order valence-corrected chi connectivity index (χ2v) is 5.43. The molecule has 1 N–H and O–H groups in total. The molecule has 0 aromatic heterocycles. The molecule has 0 amide bonds. The third-order valence-corrected chi connectivity index (χ3v) is 4.11. The van der Waals surface area contributed by atoms with E-state index in [0.717, 1.165) is 24.5 Å². The van der Waals surface area contributed by atoms with Gasteiger partial charge >= 0.3 is 0 Å². The largest absolute Gasteiger partial charge is 0.490 e. The zero-order valence-corrected chi connectivity index (χ0v) is 13.2. The van der Waals surface area contributed by atoms with Crippen molar-refractivity contribution in [1.82, 2.24) is 5.32 Å². The SMILES string of the molecule is CCOc1cc2c(cc1OCC)[C@H]([C@H](C)CC)NCC2. The molecule has 0 spiro atoms. The topological polar surface area (TPSA) is 30.5 Å². The quantitative estimate of drug-likeness (QED) is 0.859. The van der Waals surface area contributed by atoms with E-state index in [2.05, 4.69) is 31.3 Å². The van der Waals surface area contributed by atoms with Crippen LogP contribution in [0.25, 0.3) is 0 Å². The van der Waals surface area contributed by atoms with Crippen LogP contribution in [0, 0.1) is 5.92 Å². The Labute approximate surface area is 122 Å². The van der Waals surface area contributed by atoms with Gasteiger partial charge in [-0.05, 0) is 56.0 Å². The van der Waals surface area contributed by atoms with E-state index in [1.807, 2.05) is 13.8 Å². The van der Waals surface area contributed by atoms with Crippen LogP contribution < -0.4 is 14.8 Å². The van der Waals surface area contributed by atoms with Gasteiger partial charge in [0.1, 0.15) is 0 Å². The van der Waals surface area contributed by atoms with Crippen LogP contribution in [0.3, 0.4) is 0 Å². The Kier molecular flexibility index (Phi) is 5.30. The fourth-order valence-corrected chi connectivity index (χ4v) is 2.88. The van der Waals surface area contributed by atoms with E-state index in [1.165, 1.54) is 17.5 Å². The molecule has 3 heteroatoms. The molecule has 0 radical (unpaired) electrons. The van der Waals surface area contributed by atoms with E-state index in [1.54, 1.807) is 0 Å². The summed E-state index contributed by atoms with van der Waals surface area (Å²) in [4.78, 5) is 0. The maximum Gasteiger partial charge on any atom is 0.161 e. The maximum atomic E-state index is 5.76. The summed E-state index contributed by atoms with van der Waals surface area (Å²) in [5, 5.41) is 3.65. The van der Waals surface area contributed by atoms with Crippen molar-refractivity contribution >= 4 is 0 Å². The molecule has 0 saturated carbocycles. The average molecular weight is 277 g/mol. The Balaban J connectivity index is 2.40. The Hall–Kier alpha value is -1.22. The van der Waals surface area contributed by atoms with Crippen LogP contribution >= 0.6 is 0 Å². The molecular weight excluding hydrogens is 250 g/mol. The summed E-state index contributed by atoms with van der Waals surface area (Å²) in [5.41, 5.74) is 2.79.